The number of primary amides is 1. The van der Waals surface area contributed by atoms with Crippen LogP contribution in [-0.4, -0.2) is 15.5 Å². The van der Waals surface area contributed by atoms with Crippen molar-refractivity contribution in [3.8, 4) is 11.1 Å². The fourth-order valence-corrected chi connectivity index (χ4v) is 4.39. The van der Waals surface area contributed by atoms with Crippen LogP contribution >= 0.6 is 11.3 Å². The van der Waals surface area contributed by atoms with Gasteiger partial charge in [-0.05, 0) is 44.4 Å². The van der Waals surface area contributed by atoms with Crippen molar-refractivity contribution in [1.82, 2.24) is 9.55 Å². The molecule has 2 aromatic heterocycles. The second kappa shape index (κ2) is 6.93. The van der Waals surface area contributed by atoms with Crippen LogP contribution in [0, 0.1) is 20.8 Å². The number of aryl methyl sites for hydroxylation is 3. The Morgan fingerprint density at radius 2 is 1.81 bits per heavy atom. The predicted octanol–water partition coefficient (Wildman–Crippen LogP) is 4.22. The second-order valence-electron chi connectivity index (χ2n) is 7.39. The minimum Gasteiger partial charge on any atom is -0.368 e. The Bertz CT molecular complexity index is 1110. The lowest BCUT2D eigenvalue weighted by Crippen LogP contribution is -2.35. The molecule has 0 bridgehead atoms. The summed E-state index contributed by atoms with van der Waals surface area (Å²) in [7, 11) is 0. The van der Waals surface area contributed by atoms with Crippen molar-refractivity contribution in [2.24, 2.45) is 5.73 Å². The van der Waals surface area contributed by atoms with Crippen molar-refractivity contribution >= 4 is 27.5 Å². The number of aromatic nitrogens is 2. The molecule has 0 aliphatic carbocycles. The summed E-state index contributed by atoms with van der Waals surface area (Å²) in [5.74, 6) is 0.0443. The fourth-order valence-electron chi connectivity index (χ4n) is 3.34. The van der Waals surface area contributed by atoms with Crippen LogP contribution in [-0.2, 0) is 4.79 Å². The molecule has 2 heterocycles. The molecule has 0 radical (unpaired) electrons. The van der Waals surface area contributed by atoms with E-state index in [2.05, 4.69) is 26.0 Å². The molecule has 27 heavy (non-hydrogen) atoms. The third-order valence-electron chi connectivity index (χ3n) is 5.07. The van der Waals surface area contributed by atoms with E-state index in [-0.39, 0.29) is 11.5 Å². The topological polar surface area (TPSA) is 78.0 Å². The number of carbonyl (C=O) groups is 1. The molecule has 5 nitrogen and oxygen atoms in total. The molecule has 1 atom stereocenters. The summed E-state index contributed by atoms with van der Waals surface area (Å²) >= 11 is 1.52. The van der Waals surface area contributed by atoms with Crippen LogP contribution in [0.1, 0.15) is 54.6 Å². The third-order valence-corrected chi connectivity index (χ3v) is 6.07. The average molecular weight is 384 g/mol. The zero-order valence-electron chi connectivity index (χ0n) is 16.6. The van der Waals surface area contributed by atoms with E-state index in [0.717, 1.165) is 16.0 Å². The van der Waals surface area contributed by atoms with Gasteiger partial charge in [0.15, 0.2) is 0 Å². The Labute approximate surface area is 162 Å². The number of hydrogen-bond acceptors (Lipinski definition) is 4. The van der Waals surface area contributed by atoms with E-state index in [1.165, 1.54) is 27.0 Å². The van der Waals surface area contributed by atoms with Gasteiger partial charge in [-0.15, -0.1) is 11.3 Å². The monoisotopic (exact) mass is 383 g/mol. The zero-order chi connectivity index (χ0) is 20.0. The lowest BCUT2D eigenvalue weighted by molar-refractivity contribution is -0.120. The zero-order valence-corrected chi connectivity index (χ0v) is 17.4. The summed E-state index contributed by atoms with van der Waals surface area (Å²) in [6.45, 7) is 11.7. The Morgan fingerprint density at radius 1 is 1.15 bits per heavy atom. The number of fused-ring (bicyclic) bond motifs is 1. The molecule has 2 N–H and O–H groups in total. The Balaban J connectivity index is 2.43. The highest BCUT2D eigenvalue weighted by molar-refractivity contribution is 7.19. The fraction of sp³-hybridized carbons (Fsp3) is 0.381. The van der Waals surface area contributed by atoms with E-state index in [1.807, 2.05) is 26.8 Å². The van der Waals surface area contributed by atoms with Gasteiger partial charge in [-0.3, -0.25) is 14.2 Å². The van der Waals surface area contributed by atoms with Crippen molar-refractivity contribution in [3.63, 3.8) is 0 Å². The van der Waals surface area contributed by atoms with Crippen LogP contribution in [0.2, 0.25) is 0 Å². The first kappa shape index (κ1) is 19.3. The van der Waals surface area contributed by atoms with Gasteiger partial charge in [0.25, 0.3) is 5.56 Å². The first-order chi connectivity index (χ1) is 12.6. The molecule has 0 aliphatic heterocycles. The summed E-state index contributed by atoms with van der Waals surface area (Å²) in [6, 6.07) is 5.45. The lowest BCUT2D eigenvalue weighted by Gasteiger charge is -2.19. The second-order valence-corrected chi connectivity index (χ2v) is 8.59. The molecule has 1 unspecified atom stereocenters. The molecule has 6 heteroatoms. The average Bonchev–Trinajstić information content (AvgIpc) is 2.92. The lowest BCUT2D eigenvalue weighted by atomic mass is 9.99. The summed E-state index contributed by atoms with van der Waals surface area (Å²) in [5, 5.41) is 0.568. The highest BCUT2D eigenvalue weighted by Crippen LogP contribution is 2.37. The normalized spacial score (nSPS) is 12.7. The molecular weight excluding hydrogens is 358 g/mol. The Hall–Kier alpha value is -2.47. The maximum atomic E-state index is 13.5. The molecule has 0 fully saturated rings. The third kappa shape index (κ3) is 3.18. The summed E-state index contributed by atoms with van der Waals surface area (Å²) < 4.78 is 1.46. The SMILES string of the molecule is Cc1ccc(-c2c(C)sc3nc(C(C)C)n(C(C)C(N)=O)c(=O)c23)cc1C. The van der Waals surface area contributed by atoms with Crippen LogP contribution in [0.5, 0.6) is 0 Å². The summed E-state index contributed by atoms with van der Waals surface area (Å²) in [6.07, 6.45) is 0. The molecule has 0 saturated heterocycles. The van der Waals surface area contributed by atoms with E-state index in [4.69, 9.17) is 10.7 Å². The number of hydrogen-bond donors (Lipinski definition) is 1. The molecule has 1 amide bonds. The summed E-state index contributed by atoms with van der Waals surface area (Å²) in [4.78, 5) is 31.8. The van der Waals surface area contributed by atoms with Gasteiger partial charge in [0.1, 0.15) is 16.7 Å². The number of rotatable bonds is 4. The van der Waals surface area contributed by atoms with Gasteiger partial charge in [0.05, 0.1) is 5.39 Å². The van der Waals surface area contributed by atoms with Gasteiger partial charge in [-0.25, -0.2) is 4.98 Å². The van der Waals surface area contributed by atoms with E-state index in [1.54, 1.807) is 6.92 Å². The largest absolute Gasteiger partial charge is 0.368 e. The molecule has 0 aliphatic rings. The van der Waals surface area contributed by atoms with Crippen molar-refractivity contribution < 1.29 is 4.79 Å². The Kier molecular flexibility index (Phi) is 4.95. The molecule has 0 spiro atoms. The van der Waals surface area contributed by atoms with Gasteiger partial charge in [-0.2, -0.15) is 0 Å². The van der Waals surface area contributed by atoms with Crippen LogP contribution in [0.4, 0.5) is 0 Å². The quantitative estimate of drug-likeness (QED) is 0.733. The van der Waals surface area contributed by atoms with Crippen LogP contribution < -0.4 is 11.3 Å². The van der Waals surface area contributed by atoms with Crippen molar-refractivity contribution in [2.75, 3.05) is 0 Å². The Morgan fingerprint density at radius 3 is 2.37 bits per heavy atom. The van der Waals surface area contributed by atoms with Crippen LogP contribution in [0.3, 0.4) is 0 Å². The predicted molar refractivity (Wildman–Crippen MR) is 112 cm³/mol. The smallest absolute Gasteiger partial charge is 0.263 e. The molecule has 0 saturated carbocycles. The highest BCUT2D eigenvalue weighted by Gasteiger charge is 2.25. The number of nitrogens with zero attached hydrogens (tertiary/aromatic N) is 2. The van der Waals surface area contributed by atoms with Crippen LogP contribution in [0.25, 0.3) is 21.3 Å². The van der Waals surface area contributed by atoms with Gasteiger partial charge < -0.3 is 5.73 Å². The first-order valence-electron chi connectivity index (χ1n) is 9.06. The van der Waals surface area contributed by atoms with Gasteiger partial charge >= 0.3 is 0 Å². The minimum absolute atomic E-state index is 0.00336. The standard InChI is InChI=1S/C21H25N3O2S/c1-10(2)19-23-20-17(21(26)24(19)13(5)18(22)25)16(14(6)27-20)15-8-7-11(3)12(4)9-15/h7-10,13H,1-6H3,(H2,22,25). The number of thiophene rings is 1. The van der Waals surface area contributed by atoms with E-state index < -0.39 is 11.9 Å². The minimum atomic E-state index is -0.750. The van der Waals surface area contributed by atoms with Crippen molar-refractivity contribution in [3.05, 3.63) is 50.4 Å². The maximum absolute atomic E-state index is 13.5. The van der Waals surface area contributed by atoms with Crippen LogP contribution in [0.15, 0.2) is 23.0 Å². The van der Waals surface area contributed by atoms with Gasteiger partial charge in [0, 0.05) is 16.4 Å². The molecule has 3 rings (SSSR count). The number of benzene rings is 1. The van der Waals surface area contributed by atoms with E-state index in [9.17, 15) is 9.59 Å². The molecule has 3 aromatic rings. The van der Waals surface area contributed by atoms with Crippen molar-refractivity contribution in [1.29, 1.82) is 0 Å². The number of nitrogens with two attached hydrogens (primary N) is 1. The van der Waals surface area contributed by atoms with E-state index >= 15 is 0 Å². The maximum Gasteiger partial charge on any atom is 0.263 e. The van der Waals surface area contributed by atoms with Gasteiger partial charge in [-0.1, -0.05) is 32.0 Å². The number of carbonyl (C=O) groups excluding carboxylic acids is 1. The van der Waals surface area contributed by atoms with E-state index in [0.29, 0.717) is 16.0 Å². The van der Waals surface area contributed by atoms with Gasteiger partial charge in [0.2, 0.25) is 5.91 Å². The highest BCUT2D eigenvalue weighted by atomic mass is 32.1. The molecule has 1 aromatic carbocycles. The summed E-state index contributed by atoms with van der Waals surface area (Å²) in [5.41, 5.74) is 9.59. The first-order valence-corrected chi connectivity index (χ1v) is 9.87. The molecule has 142 valence electrons. The molecular formula is C21H25N3O2S. The number of amides is 1. The van der Waals surface area contributed by atoms with Crippen molar-refractivity contribution in [2.45, 2.75) is 53.5 Å².